The molecular formula is C59H115NO5. The molecule has 0 aromatic heterocycles. The number of aliphatic hydroxyl groups is 2. The summed E-state index contributed by atoms with van der Waals surface area (Å²) in [4.78, 5) is 24.4. The lowest BCUT2D eigenvalue weighted by molar-refractivity contribution is -0.143. The Kier molecular flexibility index (Phi) is 54.0. The molecule has 0 aliphatic carbocycles. The molecule has 0 bridgehead atoms. The zero-order chi connectivity index (χ0) is 47.2. The molecule has 0 radical (unpaired) electrons. The zero-order valence-corrected chi connectivity index (χ0v) is 44.0. The fraction of sp³-hybridized carbons (Fsp3) is 0.932. The predicted molar refractivity (Wildman–Crippen MR) is 283 cm³/mol. The Morgan fingerprint density at radius 1 is 0.415 bits per heavy atom. The first-order valence-electron chi connectivity index (χ1n) is 29.5. The van der Waals surface area contributed by atoms with E-state index in [0.29, 0.717) is 19.4 Å². The van der Waals surface area contributed by atoms with Gasteiger partial charge in [0.2, 0.25) is 5.91 Å². The summed E-state index contributed by atoms with van der Waals surface area (Å²) in [5, 5.41) is 23.1. The fourth-order valence-corrected chi connectivity index (χ4v) is 9.28. The third-order valence-corrected chi connectivity index (χ3v) is 13.8. The average molecular weight is 919 g/mol. The number of hydrogen-bond acceptors (Lipinski definition) is 5. The van der Waals surface area contributed by atoms with E-state index in [2.05, 4.69) is 19.2 Å². The summed E-state index contributed by atoms with van der Waals surface area (Å²) >= 11 is 0. The summed E-state index contributed by atoms with van der Waals surface area (Å²) in [5.74, 6) is -0.0534. The molecule has 6 nitrogen and oxygen atoms in total. The molecule has 0 aliphatic rings. The Balaban J connectivity index is 3.40. The molecule has 0 aliphatic heterocycles. The molecule has 3 N–H and O–H groups in total. The van der Waals surface area contributed by atoms with Crippen molar-refractivity contribution in [2.24, 2.45) is 0 Å². The fourth-order valence-electron chi connectivity index (χ4n) is 9.28. The quantitative estimate of drug-likeness (QED) is 0.0321. The summed E-state index contributed by atoms with van der Waals surface area (Å²) in [5.41, 5.74) is 0. The zero-order valence-electron chi connectivity index (χ0n) is 44.0. The Morgan fingerprint density at radius 2 is 0.708 bits per heavy atom. The molecular weight excluding hydrogens is 803 g/mol. The van der Waals surface area contributed by atoms with Crippen LogP contribution in [0.2, 0.25) is 0 Å². The highest BCUT2D eigenvalue weighted by molar-refractivity contribution is 5.76. The van der Waals surface area contributed by atoms with Crippen LogP contribution in [0.3, 0.4) is 0 Å². The molecule has 2 atom stereocenters. The summed E-state index contributed by atoms with van der Waals surface area (Å²) in [6, 6.07) is -0.626. The van der Waals surface area contributed by atoms with Gasteiger partial charge in [-0.05, 0) is 32.1 Å². The molecule has 0 aromatic rings. The molecule has 2 unspecified atom stereocenters. The van der Waals surface area contributed by atoms with Gasteiger partial charge in [-0.25, -0.2) is 0 Å². The molecule has 0 saturated carbocycles. The van der Waals surface area contributed by atoms with Gasteiger partial charge in [0.05, 0.1) is 25.4 Å². The lowest BCUT2D eigenvalue weighted by atomic mass is 10.0. The number of amides is 1. The van der Waals surface area contributed by atoms with E-state index < -0.39 is 12.1 Å². The van der Waals surface area contributed by atoms with Gasteiger partial charge in [-0.3, -0.25) is 9.59 Å². The van der Waals surface area contributed by atoms with E-state index in [1.54, 1.807) is 6.08 Å². The molecule has 0 rings (SSSR count). The Hall–Kier alpha value is -1.40. The summed E-state index contributed by atoms with van der Waals surface area (Å²) in [6.45, 7) is 4.92. The number of allylic oxidation sites excluding steroid dienone is 1. The molecule has 0 fully saturated rings. The van der Waals surface area contributed by atoms with Crippen LogP contribution >= 0.6 is 0 Å². The summed E-state index contributed by atoms with van der Waals surface area (Å²) in [6.07, 6.45) is 65.2. The molecule has 6 heteroatoms. The Labute approximate surface area is 406 Å². The molecule has 0 aromatic carbocycles. The number of carbonyl (C=O) groups is 2. The number of nitrogens with one attached hydrogen (secondary N) is 1. The van der Waals surface area contributed by atoms with Crippen molar-refractivity contribution in [3.8, 4) is 0 Å². The van der Waals surface area contributed by atoms with Gasteiger partial charge in [0.1, 0.15) is 0 Å². The Morgan fingerprint density at radius 3 is 1.05 bits per heavy atom. The molecule has 65 heavy (non-hydrogen) atoms. The first-order chi connectivity index (χ1) is 32.0. The molecule has 386 valence electrons. The average Bonchev–Trinajstić information content (AvgIpc) is 3.31. The van der Waals surface area contributed by atoms with E-state index in [1.807, 2.05) is 6.08 Å². The van der Waals surface area contributed by atoms with Crippen molar-refractivity contribution >= 4 is 11.9 Å². The van der Waals surface area contributed by atoms with Crippen molar-refractivity contribution in [2.75, 3.05) is 13.2 Å². The molecule has 0 spiro atoms. The van der Waals surface area contributed by atoms with Gasteiger partial charge in [-0.2, -0.15) is 0 Å². The van der Waals surface area contributed by atoms with E-state index in [4.69, 9.17) is 4.74 Å². The van der Waals surface area contributed by atoms with Crippen LogP contribution in [0.25, 0.3) is 0 Å². The number of esters is 1. The van der Waals surface area contributed by atoms with Crippen molar-refractivity contribution in [1.82, 2.24) is 5.32 Å². The van der Waals surface area contributed by atoms with Crippen LogP contribution in [0.15, 0.2) is 12.2 Å². The third kappa shape index (κ3) is 51.8. The van der Waals surface area contributed by atoms with Gasteiger partial charge in [0.25, 0.3) is 0 Å². The lowest BCUT2D eigenvalue weighted by Gasteiger charge is -2.20. The van der Waals surface area contributed by atoms with E-state index in [1.165, 1.54) is 263 Å². The number of unbranched alkanes of at least 4 members (excludes halogenated alkanes) is 44. The molecule has 1 amide bonds. The number of aliphatic hydroxyl groups excluding tert-OH is 2. The molecule has 0 saturated heterocycles. The van der Waals surface area contributed by atoms with Gasteiger partial charge in [-0.1, -0.05) is 296 Å². The second-order valence-corrected chi connectivity index (χ2v) is 20.3. The minimum absolute atomic E-state index is 0.0128. The van der Waals surface area contributed by atoms with Crippen molar-refractivity contribution in [1.29, 1.82) is 0 Å². The van der Waals surface area contributed by atoms with Gasteiger partial charge in [0.15, 0.2) is 0 Å². The maximum absolute atomic E-state index is 12.5. The van der Waals surface area contributed by atoms with Gasteiger partial charge in [0, 0.05) is 12.8 Å². The topological polar surface area (TPSA) is 95.9 Å². The van der Waals surface area contributed by atoms with E-state index >= 15 is 0 Å². The minimum atomic E-state index is -0.843. The van der Waals surface area contributed by atoms with Gasteiger partial charge >= 0.3 is 5.97 Å². The standard InChI is InChI=1S/C59H115NO5/c1-3-5-7-9-11-13-15-16-25-28-32-35-39-43-47-51-57(62)56(55-61)60-58(63)52-48-44-40-36-33-29-26-23-21-19-17-18-20-22-24-27-30-34-38-42-46-50-54-65-59(64)53-49-45-41-37-31-14-12-10-8-6-4-2/h47,51,56-57,61-62H,3-46,48-50,52-55H2,1-2H3,(H,60,63)/b51-47+. The van der Waals surface area contributed by atoms with E-state index in [-0.39, 0.29) is 18.5 Å². The van der Waals surface area contributed by atoms with Crippen LogP contribution in [0, 0.1) is 0 Å². The van der Waals surface area contributed by atoms with Crippen LogP contribution in [-0.2, 0) is 14.3 Å². The number of hydrogen-bond donors (Lipinski definition) is 3. The van der Waals surface area contributed by atoms with Crippen molar-refractivity contribution in [3.05, 3.63) is 12.2 Å². The normalized spacial score (nSPS) is 12.6. The maximum Gasteiger partial charge on any atom is 0.305 e. The second-order valence-electron chi connectivity index (χ2n) is 20.3. The van der Waals surface area contributed by atoms with Crippen LogP contribution in [0.1, 0.15) is 328 Å². The largest absolute Gasteiger partial charge is 0.466 e. The molecule has 0 heterocycles. The first kappa shape index (κ1) is 63.6. The summed E-state index contributed by atoms with van der Waals surface area (Å²) in [7, 11) is 0. The number of ether oxygens (including phenoxy) is 1. The highest BCUT2D eigenvalue weighted by Gasteiger charge is 2.18. The maximum atomic E-state index is 12.5. The van der Waals surface area contributed by atoms with Crippen LogP contribution in [0.4, 0.5) is 0 Å². The monoisotopic (exact) mass is 918 g/mol. The van der Waals surface area contributed by atoms with Crippen LogP contribution in [-0.4, -0.2) is 47.4 Å². The third-order valence-electron chi connectivity index (χ3n) is 13.8. The predicted octanol–water partition coefficient (Wildman–Crippen LogP) is 18.1. The number of rotatable bonds is 55. The van der Waals surface area contributed by atoms with Gasteiger partial charge < -0.3 is 20.3 Å². The lowest BCUT2D eigenvalue weighted by Crippen LogP contribution is -2.45. The highest BCUT2D eigenvalue weighted by atomic mass is 16.5. The second kappa shape index (κ2) is 55.2. The van der Waals surface area contributed by atoms with Crippen molar-refractivity contribution in [2.45, 2.75) is 341 Å². The minimum Gasteiger partial charge on any atom is -0.466 e. The van der Waals surface area contributed by atoms with E-state index in [0.717, 1.165) is 38.5 Å². The number of carbonyl (C=O) groups excluding carboxylic acids is 2. The van der Waals surface area contributed by atoms with Crippen LogP contribution in [0.5, 0.6) is 0 Å². The highest BCUT2D eigenvalue weighted by Crippen LogP contribution is 2.18. The van der Waals surface area contributed by atoms with Crippen molar-refractivity contribution < 1.29 is 24.5 Å². The smallest absolute Gasteiger partial charge is 0.305 e. The van der Waals surface area contributed by atoms with Gasteiger partial charge in [-0.15, -0.1) is 0 Å². The summed E-state index contributed by atoms with van der Waals surface area (Å²) < 4.78 is 5.46. The first-order valence-corrected chi connectivity index (χ1v) is 29.5. The van der Waals surface area contributed by atoms with Crippen LogP contribution < -0.4 is 5.32 Å². The van der Waals surface area contributed by atoms with E-state index in [9.17, 15) is 19.8 Å². The Bertz CT molecular complexity index is 970. The van der Waals surface area contributed by atoms with Crippen molar-refractivity contribution in [3.63, 3.8) is 0 Å². The SMILES string of the molecule is CCCCCCCCCCCCCCC/C=C/C(O)C(CO)NC(=O)CCCCCCCCCCCCCCCCCCCCCCCCOC(=O)CCCCCCCCCCCCC.